The molecule has 31 heavy (non-hydrogen) atoms. The molecule has 0 amide bonds. The molecule has 1 unspecified atom stereocenters. The van der Waals surface area contributed by atoms with Crippen molar-refractivity contribution in [2.45, 2.75) is 57.2 Å². The van der Waals surface area contributed by atoms with Crippen molar-refractivity contribution in [3.63, 3.8) is 0 Å². The molecule has 1 spiro atoms. The summed E-state index contributed by atoms with van der Waals surface area (Å²) in [4.78, 5) is 16.2. The molecule has 2 aromatic rings. The van der Waals surface area contributed by atoms with Crippen molar-refractivity contribution in [2.24, 2.45) is 4.99 Å². The van der Waals surface area contributed by atoms with Crippen molar-refractivity contribution in [3.05, 3.63) is 53.0 Å². The summed E-state index contributed by atoms with van der Waals surface area (Å²) in [5.74, 6) is 2.44. The summed E-state index contributed by atoms with van der Waals surface area (Å²) >= 11 is 0. The maximum Gasteiger partial charge on any atom is 0.341 e. The van der Waals surface area contributed by atoms with E-state index in [1.165, 1.54) is 20.0 Å². The van der Waals surface area contributed by atoms with Crippen LogP contribution in [-0.2, 0) is 11.3 Å². The van der Waals surface area contributed by atoms with E-state index in [4.69, 9.17) is 13.9 Å². The van der Waals surface area contributed by atoms with Crippen LogP contribution in [0.1, 0.15) is 65.6 Å². The van der Waals surface area contributed by atoms with Gasteiger partial charge in [-0.3, -0.25) is 4.99 Å². The fourth-order valence-corrected chi connectivity index (χ4v) is 4.55. The van der Waals surface area contributed by atoms with Crippen molar-refractivity contribution in [2.75, 3.05) is 14.2 Å². The molecule has 1 aliphatic carbocycles. The van der Waals surface area contributed by atoms with Gasteiger partial charge in [0.2, 0.25) is 0 Å². The predicted molar refractivity (Wildman–Crippen MR) is 129 cm³/mol. The van der Waals surface area contributed by atoms with Gasteiger partial charge in [-0.1, -0.05) is 18.2 Å². The number of nitrogens with one attached hydrogen (secondary N) is 2. The summed E-state index contributed by atoms with van der Waals surface area (Å²) in [5, 5.41) is 6.86. The fraction of sp³-hybridized carbons (Fsp3) is 0.478. The number of halogens is 1. The Morgan fingerprint density at radius 3 is 2.74 bits per heavy atom. The van der Waals surface area contributed by atoms with Crippen LogP contribution in [0.3, 0.4) is 0 Å². The lowest BCUT2D eigenvalue weighted by Gasteiger charge is -2.40. The Morgan fingerprint density at radius 1 is 1.29 bits per heavy atom. The highest BCUT2D eigenvalue weighted by molar-refractivity contribution is 14.0. The lowest BCUT2D eigenvalue weighted by molar-refractivity contribution is 0.0395. The van der Waals surface area contributed by atoms with Gasteiger partial charge < -0.3 is 24.5 Å². The first-order valence-electron chi connectivity index (χ1n) is 10.5. The molecule has 168 valence electrons. The number of hydrogen-bond acceptors (Lipinski definition) is 5. The van der Waals surface area contributed by atoms with E-state index in [1.54, 1.807) is 20.0 Å². The Kier molecular flexibility index (Phi) is 7.51. The molecule has 1 atom stereocenters. The molecule has 8 heteroatoms. The summed E-state index contributed by atoms with van der Waals surface area (Å²) in [6.07, 6.45) is 5.52. The van der Waals surface area contributed by atoms with E-state index in [1.807, 2.05) is 12.1 Å². The second-order valence-corrected chi connectivity index (χ2v) is 8.03. The van der Waals surface area contributed by atoms with E-state index in [-0.39, 0.29) is 35.6 Å². The molecule has 7 nitrogen and oxygen atoms in total. The van der Waals surface area contributed by atoms with E-state index in [9.17, 15) is 4.79 Å². The molecule has 1 aliphatic heterocycles. The minimum Gasteiger partial charge on any atom is -0.487 e. The monoisotopic (exact) mass is 539 g/mol. The van der Waals surface area contributed by atoms with Gasteiger partial charge in [0, 0.05) is 19.0 Å². The highest BCUT2D eigenvalue weighted by atomic mass is 127. The number of furan rings is 1. The molecule has 1 fully saturated rings. The molecule has 2 heterocycles. The van der Waals surface area contributed by atoms with Crippen LogP contribution in [0.5, 0.6) is 5.75 Å². The summed E-state index contributed by atoms with van der Waals surface area (Å²) in [6, 6.07) is 10.1. The van der Waals surface area contributed by atoms with E-state index in [0.717, 1.165) is 30.6 Å². The van der Waals surface area contributed by atoms with Gasteiger partial charge in [-0.2, -0.15) is 0 Å². The van der Waals surface area contributed by atoms with Gasteiger partial charge in [0.15, 0.2) is 5.96 Å². The fourth-order valence-electron chi connectivity index (χ4n) is 4.55. The van der Waals surface area contributed by atoms with Gasteiger partial charge in [0.05, 0.1) is 19.7 Å². The number of aryl methyl sites for hydroxylation is 1. The molecule has 1 aromatic heterocycles. The topological polar surface area (TPSA) is 85.1 Å². The lowest BCUT2D eigenvalue weighted by atomic mass is 9.86. The van der Waals surface area contributed by atoms with Crippen LogP contribution in [0.25, 0.3) is 0 Å². The quantitative estimate of drug-likeness (QED) is 0.258. The SMILES string of the molecule is CN=C(NCc1cc(C(=O)OC)c(C)o1)NC1CC2(CCCC2)Oc2ccccc21.I. The highest BCUT2D eigenvalue weighted by Gasteiger charge is 2.43. The smallest absolute Gasteiger partial charge is 0.341 e. The van der Waals surface area contributed by atoms with Crippen LogP contribution in [0.2, 0.25) is 0 Å². The zero-order valence-electron chi connectivity index (χ0n) is 18.2. The molecule has 1 saturated carbocycles. The number of benzene rings is 1. The Bertz CT molecular complexity index is 950. The number of hydrogen-bond donors (Lipinski definition) is 2. The average molecular weight is 539 g/mol. The summed E-state index contributed by atoms with van der Waals surface area (Å²) < 4.78 is 16.9. The predicted octanol–water partition coefficient (Wildman–Crippen LogP) is 4.49. The maximum absolute atomic E-state index is 11.8. The van der Waals surface area contributed by atoms with Gasteiger partial charge in [-0.05, 0) is 44.7 Å². The van der Waals surface area contributed by atoms with Crippen LogP contribution < -0.4 is 15.4 Å². The van der Waals surface area contributed by atoms with Crippen molar-refractivity contribution in [1.82, 2.24) is 10.6 Å². The van der Waals surface area contributed by atoms with Gasteiger partial charge in [0.25, 0.3) is 0 Å². The van der Waals surface area contributed by atoms with Crippen molar-refractivity contribution in [3.8, 4) is 5.75 Å². The van der Waals surface area contributed by atoms with Crippen molar-refractivity contribution < 1.29 is 18.7 Å². The highest BCUT2D eigenvalue weighted by Crippen LogP contribution is 2.46. The number of aliphatic imine (C=N–C) groups is 1. The third kappa shape index (κ3) is 4.99. The molecule has 0 bridgehead atoms. The van der Waals surface area contributed by atoms with Gasteiger partial charge in [-0.25, -0.2) is 4.79 Å². The number of carbonyl (C=O) groups is 1. The Balaban J connectivity index is 0.00000272. The first kappa shape index (κ1) is 23.4. The molecule has 1 aromatic carbocycles. The minimum absolute atomic E-state index is 0. The number of guanidine groups is 1. The van der Waals surface area contributed by atoms with Gasteiger partial charge in [0.1, 0.15) is 28.4 Å². The Morgan fingerprint density at radius 2 is 2.03 bits per heavy atom. The molecular weight excluding hydrogens is 509 g/mol. The lowest BCUT2D eigenvalue weighted by Crippen LogP contribution is -2.46. The largest absolute Gasteiger partial charge is 0.487 e. The molecule has 2 aliphatic rings. The normalized spacial score (nSPS) is 19.2. The number of esters is 1. The van der Waals surface area contributed by atoms with Crippen molar-refractivity contribution >= 4 is 35.9 Å². The second kappa shape index (κ2) is 9.93. The molecule has 4 rings (SSSR count). The second-order valence-electron chi connectivity index (χ2n) is 8.03. The number of fused-ring (bicyclic) bond motifs is 1. The molecular formula is C23H30IN3O4. The van der Waals surface area contributed by atoms with Crippen LogP contribution >= 0.6 is 24.0 Å². The van der Waals surface area contributed by atoms with E-state index in [2.05, 4.69) is 27.8 Å². The maximum atomic E-state index is 11.8. The van der Waals surface area contributed by atoms with E-state index >= 15 is 0 Å². The van der Waals surface area contributed by atoms with E-state index in [0.29, 0.717) is 29.6 Å². The van der Waals surface area contributed by atoms with Gasteiger partial charge in [-0.15, -0.1) is 24.0 Å². The van der Waals surface area contributed by atoms with Crippen LogP contribution in [-0.4, -0.2) is 31.7 Å². The number of nitrogens with zero attached hydrogens (tertiary/aromatic N) is 1. The summed E-state index contributed by atoms with van der Waals surface area (Å²) in [7, 11) is 3.11. The zero-order chi connectivity index (χ0) is 21.1. The van der Waals surface area contributed by atoms with Crippen molar-refractivity contribution in [1.29, 1.82) is 0 Å². The number of methoxy groups -OCH3 is 1. The number of carbonyl (C=O) groups excluding carboxylic acids is 1. The summed E-state index contributed by atoms with van der Waals surface area (Å²) in [6.45, 7) is 2.16. The first-order valence-corrected chi connectivity index (χ1v) is 10.5. The first-order chi connectivity index (χ1) is 14.5. The molecule has 2 N–H and O–H groups in total. The van der Waals surface area contributed by atoms with Crippen LogP contribution in [0.15, 0.2) is 39.7 Å². The Hall–Kier alpha value is -2.23. The average Bonchev–Trinajstić information content (AvgIpc) is 3.36. The standard InChI is InChI=1S/C23H29N3O4.HI/c1-15-18(21(27)28-3)12-16(29-15)14-25-22(24-2)26-19-13-23(10-6-7-11-23)30-20-9-5-4-8-17(19)20;/h4-5,8-9,12,19H,6-7,10-11,13-14H2,1-3H3,(H2,24,25,26);1H. The number of para-hydroxylation sites is 1. The van der Waals surface area contributed by atoms with Crippen LogP contribution in [0, 0.1) is 6.92 Å². The minimum atomic E-state index is -0.398. The Labute approximate surface area is 200 Å². The van der Waals surface area contributed by atoms with Gasteiger partial charge >= 0.3 is 5.97 Å². The summed E-state index contributed by atoms with van der Waals surface area (Å²) in [5.41, 5.74) is 1.51. The third-order valence-corrected chi connectivity index (χ3v) is 6.05. The zero-order valence-corrected chi connectivity index (χ0v) is 20.5. The van der Waals surface area contributed by atoms with Crippen LogP contribution in [0.4, 0.5) is 0 Å². The molecule has 0 radical (unpaired) electrons. The number of ether oxygens (including phenoxy) is 2. The number of rotatable bonds is 4. The third-order valence-electron chi connectivity index (χ3n) is 6.05. The van der Waals surface area contributed by atoms with E-state index < -0.39 is 5.97 Å². The molecule has 0 saturated heterocycles.